The van der Waals surface area contributed by atoms with E-state index in [4.69, 9.17) is 0 Å². The van der Waals surface area contributed by atoms with Gasteiger partial charge in [0.15, 0.2) is 29.5 Å². The summed E-state index contributed by atoms with van der Waals surface area (Å²) in [5, 5.41) is 0. The van der Waals surface area contributed by atoms with Crippen molar-refractivity contribution in [2.45, 2.75) is 78.6 Å². The van der Waals surface area contributed by atoms with Crippen molar-refractivity contribution in [2.75, 3.05) is 21.1 Å². The summed E-state index contributed by atoms with van der Waals surface area (Å²) < 4.78 is 35.2. The first-order valence-corrected chi connectivity index (χ1v) is 59.3. The summed E-state index contributed by atoms with van der Waals surface area (Å²) in [4.78, 5) is 0. The molecule has 0 saturated carbocycles. The van der Waals surface area contributed by atoms with Crippen LogP contribution < -0.4 is 0 Å². The fraction of sp³-hybridized carbons (Fsp3) is 1.00. The second kappa shape index (κ2) is 41.5. The Labute approximate surface area is 379 Å². The SMILES string of the molecule is C[SiH2]N(C)[SiH2]N([SiH2]C)[SiH2]N([SiH2]C)[SiH2]N([SiH2]C)[SiH2]C.C[SiH2]N(C)[SiH2]N([SiH2]C)[SiH2]N([SiH2]C)[SiH2]N([SiH2]C)[SiH2]N([SiH2]C)[SiH2]C.C[SiH2]N([SiH3])[SiH2]N([SiH3])[SiH2]N(C)[SiH3]. The van der Waals surface area contributed by atoms with Crippen LogP contribution in [0.5, 0.6) is 0 Å². The normalized spacial score (nSPS) is 17.5. The van der Waals surface area contributed by atoms with E-state index in [2.05, 4.69) is 147 Å². The molecule has 12 nitrogen and oxygen atoms in total. The molecule has 51 heavy (non-hydrogen) atoms. The first-order valence-electron chi connectivity index (χ1n) is 20.7. The minimum Gasteiger partial charge on any atom is -0.374 e. The van der Waals surface area contributed by atoms with E-state index in [-0.39, 0.29) is 205 Å². The second-order valence-electron chi connectivity index (χ2n) is 14.3. The van der Waals surface area contributed by atoms with Crippen LogP contribution in [0.2, 0.25) is 78.6 Å². The van der Waals surface area contributed by atoms with Crippen LogP contribution in [-0.4, -0.2) is 305 Å². The first-order chi connectivity index (χ1) is 24.2. The van der Waals surface area contributed by atoms with Crippen LogP contribution in [0.25, 0.3) is 0 Å². The Balaban J connectivity index is -0.000000715. The molecular formula is C15H96N12Si24. The second-order valence-corrected chi connectivity index (χ2v) is 85.8. The third kappa shape index (κ3) is 36.3. The number of hydrogen-bond acceptors (Lipinski definition) is 12. The zero-order chi connectivity index (χ0) is 39.8. The van der Waals surface area contributed by atoms with Gasteiger partial charge in [-0.15, -0.1) is 0 Å². The third-order valence-electron chi connectivity index (χ3n) is 9.53. The minimum absolute atomic E-state index is 0.00254. The Morgan fingerprint density at radius 3 is 0.725 bits per heavy atom. The average Bonchev–Trinajstić information content (AvgIpc) is 3.13. The van der Waals surface area contributed by atoms with Crippen LogP contribution in [-0.2, 0) is 0 Å². The Hall–Kier alpha value is 4.73. The summed E-state index contributed by atoms with van der Waals surface area (Å²) in [5.74, 6) is 0. The van der Waals surface area contributed by atoms with Gasteiger partial charge in [-0.25, -0.2) is 0 Å². The van der Waals surface area contributed by atoms with E-state index >= 15 is 0 Å². The van der Waals surface area contributed by atoms with Gasteiger partial charge >= 0.3 is 0 Å². The number of hydrogen-bond donors (Lipinski definition) is 0. The highest BCUT2D eigenvalue weighted by atomic mass is 28.4. The average molecular weight is 1120 g/mol. The van der Waals surface area contributed by atoms with Crippen molar-refractivity contribution in [3.8, 4) is 0 Å². The van der Waals surface area contributed by atoms with Crippen molar-refractivity contribution in [1.29, 1.82) is 0 Å². The highest BCUT2D eigenvalue weighted by Crippen LogP contribution is 1.94. The van der Waals surface area contributed by atoms with Crippen LogP contribution in [0.4, 0.5) is 0 Å². The van der Waals surface area contributed by atoms with Gasteiger partial charge in [0.05, 0.1) is 147 Å². The third-order valence-corrected chi connectivity index (χ3v) is 79.5. The molecule has 0 heterocycles. The van der Waals surface area contributed by atoms with Crippen LogP contribution in [0, 0.1) is 0 Å². The van der Waals surface area contributed by atoms with Crippen LogP contribution in [0.15, 0.2) is 0 Å². The van der Waals surface area contributed by atoms with E-state index in [1.165, 1.54) is 31.2 Å². The predicted molar refractivity (Wildman–Crippen MR) is 319 cm³/mol. The maximum Gasteiger partial charge on any atom is 0.152 e. The summed E-state index contributed by atoms with van der Waals surface area (Å²) >= 11 is 0. The summed E-state index contributed by atoms with van der Waals surface area (Å²) in [6.45, 7) is 30.0. The van der Waals surface area contributed by atoms with E-state index in [0.29, 0.717) is 0 Å². The van der Waals surface area contributed by atoms with Crippen LogP contribution >= 0.6 is 0 Å². The van der Waals surface area contributed by atoms with E-state index in [1.807, 2.05) is 0 Å². The predicted octanol–water partition coefficient (Wildman–Crippen LogP) is -19.1. The zero-order valence-electron chi connectivity index (χ0n) is 38.2. The monoisotopic (exact) mass is 1120 g/mol. The molecule has 0 atom stereocenters. The molecule has 0 aromatic rings. The van der Waals surface area contributed by atoms with Crippen LogP contribution in [0.1, 0.15) is 0 Å². The van der Waals surface area contributed by atoms with Crippen molar-refractivity contribution >= 4 is 236 Å². The lowest BCUT2D eigenvalue weighted by Crippen LogP contribution is -2.57. The quantitative estimate of drug-likeness (QED) is 0.0644. The standard InChI is InChI=1S/C7H41N5Si10.C6H34N4Si8.C2H21N3Si6/c1-8(13-2)19-10(16-5)21-12(18-7)22-11(17-6)20-9(14-3)15-4;1-7(11-2)16-9(14-5)18-10(15-6)17-8(12-3)13-4;1-3(6)10-5(8)11-4(7)9-2/h13-22H2,1-7H3;11-18H2,1-6H3;9-11H2,1-2,6-8H3. The Morgan fingerprint density at radius 2 is 0.510 bits per heavy atom. The molecule has 0 amide bonds. The van der Waals surface area contributed by atoms with Gasteiger partial charge in [0.25, 0.3) is 0 Å². The first kappa shape index (κ1) is 60.0. The maximum atomic E-state index is 3.14. The molecule has 0 aromatic heterocycles. The van der Waals surface area contributed by atoms with E-state index < -0.39 is 0 Å². The summed E-state index contributed by atoms with van der Waals surface area (Å²) in [5.41, 5.74) is 0. The van der Waals surface area contributed by atoms with Gasteiger partial charge in [-0.3, -0.25) is 0 Å². The number of rotatable bonds is 30. The van der Waals surface area contributed by atoms with Crippen molar-refractivity contribution in [3.05, 3.63) is 0 Å². The van der Waals surface area contributed by atoms with Crippen molar-refractivity contribution < 1.29 is 0 Å². The highest BCUT2D eigenvalue weighted by molar-refractivity contribution is 6.80. The lowest BCUT2D eigenvalue weighted by molar-refractivity contribution is 0.778. The molecule has 0 aliphatic rings. The Bertz CT molecular complexity index is 733. The topological polar surface area (TPSA) is 38.9 Å². The molecule has 0 fully saturated rings. The van der Waals surface area contributed by atoms with Gasteiger partial charge in [0.2, 0.25) is 0 Å². The molecule has 0 bridgehead atoms. The molecule has 0 aliphatic carbocycles. The zero-order valence-corrected chi connectivity index (χ0v) is 73.9. The van der Waals surface area contributed by atoms with Gasteiger partial charge in [0.1, 0.15) is 59.1 Å². The van der Waals surface area contributed by atoms with Crippen molar-refractivity contribution in [3.63, 3.8) is 0 Å². The molecule has 0 aromatic carbocycles. The summed E-state index contributed by atoms with van der Waals surface area (Å²) in [6, 6.07) is 0. The smallest absolute Gasteiger partial charge is 0.152 e. The molecule has 36 heteroatoms. The molecule has 0 rings (SSSR count). The number of nitrogens with zero attached hydrogens (tertiary/aromatic N) is 12. The largest absolute Gasteiger partial charge is 0.374 e. The fourth-order valence-corrected chi connectivity index (χ4v) is 91.0. The Kier molecular flexibility index (Phi) is 48.8. The summed E-state index contributed by atoms with van der Waals surface area (Å²) in [7, 11) is 12.9. The maximum absolute atomic E-state index is 3.14. The molecule has 0 saturated heterocycles. The van der Waals surface area contributed by atoms with E-state index in [9.17, 15) is 0 Å². The highest BCUT2D eigenvalue weighted by Gasteiger charge is 2.16. The lowest BCUT2D eigenvalue weighted by Gasteiger charge is -2.36. The molecule has 0 N–H and O–H groups in total. The van der Waals surface area contributed by atoms with E-state index in [0.717, 1.165) is 0 Å². The van der Waals surface area contributed by atoms with Crippen molar-refractivity contribution in [1.82, 2.24) is 47.8 Å². The molecule has 312 valence electrons. The Morgan fingerprint density at radius 1 is 0.255 bits per heavy atom. The molecule has 0 aliphatic heterocycles. The molecule has 0 radical (unpaired) electrons. The van der Waals surface area contributed by atoms with Gasteiger partial charge in [-0.05, 0) is 21.1 Å². The van der Waals surface area contributed by atoms with Gasteiger partial charge < -0.3 is 47.8 Å². The summed E-state index contributed by atoms with van der Waals surface area (Å²) in [6.07, 6.45) is 0. The molecular weight excluding hydrogens is 1020 g/mol. The van der Waals surface area contributed by atoms with Gasteiger partial charge in [-0.2, -0.15) is 0 Å². The molecule has 0 spiro atoms. The lowest BCUT2D eigenvalue weighted by atomic mass is 11.6. The molecule has 0 unspecified atom stereocenters. The van der Waals surface area contributed by atoms with Gasteiger partial charge in [-0.1, -0.05) is 78.6 Å². The van der Waals surface area contributed by atoms with Crippen molar-refractivity contribution in [2.24, 2.45) is 0 Å². The fourth-order valence-electron chi connectivity index (χ4n) is 5.41. The van der Waals surface area contributed by atoms with Crippen LogP contribution in [0.3, 0.4) is 0 Å². The minimum atomic E-state index is -0.0113. The van der Waals surface area contributed by atoms with E-state index in [1.54, 1.807) is 0 Å². The van der Waals surface area contributed by atoms with Gasteiger partial charge in [0, 0.05) is 0 Å².